The molecule has 0 aromatic heterocycles. The fourth-order valence-corrected chi connectivity index (χ4v) is 6.03. The van der Waals surface area contributed by atoms with Crippen LogP contribution in [-0.2, 0) is 25.0 Å². The Balaban J connectivity index is 4.38. The van der Waals surface area contributed by atoms with Gasteiger partial charge in [0.25, 0.3) is 5.91 Å². The number of halogens is 45. The molecule has 0 bridgehead atoms. The standard InChI is InChI=1S/C35H10F45N3O5/c1-7-9(81-4-84)3-10(82-5-85)12(11(7)13(87)83-6-88-8(2)86)14(36,37)15(38,39)16(40,41)17(42,43)18(44,45)19(46,47)20(48,49)21(50,51)22(52,53)23(54,55)24(56,57)25(58,59)26(60,61)27(62,63)28(64,65)29(66,67)30(68,69)31(70,71)32(72,73)33(74,75)34(76,77)35(78,79)80/h3H,6H2,1-2H3,(H,83,87). The molecule has 0 aliphatic rings. The number of hydrogen-bond donors (Lipinski definition) is 1. The van der Waals surface area contributed by atoms with E-state index in [0.717, 1.165) is 5.32 Å². The molecule has 53 heteroatoms. The monoisotopic (exact) mass is 1410 g/mol. The van der Waals surface area contributed by atoms with Crippen LogP contribution in [0.15, 0.2) is 16.1 Å². The van der Waals surface area contributed by atoms with Gasteiger partial charge in [0.05, 0.1) is 22.5 Å². The van der Waals surface area contributed by atoms with Gasteiger partial charge < -0.3 is 10.1 Å². The Kier molecular flexibility index (Phi) is 19.5. The van der Waals surface area contributed by atoms with Gasteiger partial charge in [-0.15, -0.1) is 0 Å². The van der Waals surface area contributed by atoms with Crippen LogP contribution in [0.1, 0.15) is 28.4 Å². The summed E-state index contributed by atoms with van der Waals surface area (Å²) in [5.74, 6) is -220. The molecule has 0 spiro atoms. The van der Waals surface area contributed by atoms with Crippen molar-refractivity contribution in [1.29, 1.82) is 0 Å². The highest BCUT2D eigenvalue weighted by atomic mass is 19.4. The van der Waals surface area contributed by atoms with Crippen molar-refractivity contribution in [1.82, 2.24) is 5.32 Å². The summed E-state index contributed by atoms with van der Waals surface area (Å²) in [5, 5.41) is 0.996. The third kappa shape index (κ3) is 9.80. The Labute approximate surface area is 447 Å². The number of nitrogens with zero attached hydrogens (tertiary/aromatic N) is 2. The molecule has 0 atom stereocenters. The Bertz CT molecular complexity index is 2930. The van der Waals surface area contributed by atoms with E-state index in [1.54, 1.807) is 0 Å². The summed E-state index contributed by atoms with van der Waals surface area (Å²) in [6.45, 7) is -1.45. The molecule has 0 unspecified atom stereocenters. The lowest BCUT2D eigenvalue weighted by Gasteiger charge is -2.47. The summed E-state index contributed by atoms with van der Waals surface area (Å²) < 4.78 is 644. The number of alkyl halides is 45. The average molecular weight is 1410 g/mol. The van der Waals surface area contributed by atoms with Gasteiger partial charge in [0, 0.05) is 6.92 Å². The topological polar surface area (TPSA) is 114 Å². The lowest BCUT2D eigenvalue weighted by atomic mass is 9.81. The highest BCUT2D eigenvalue weighted by Gasteiger charge is 3.04. The van der Waals surface area contributed by atoms with E-state index in [2.05, 4.69) is 9.73 Å². The van der Waals surface area contributed by atoms with E-state index in [4.69, 9.17) is 0 Å². The van der Waals surface area contributed by atoms with Crippen molar-refractivity contribution >= 4 is 35.4 Å². The number of ether oxygens (including phenoxy) is 1. The van der Waals surface area contributed by atoms with Crippen LogP contribution >= 0.6 is 0 Å². The number of benzene rings is 1. The molecule has 0 aliphatic carbocycles. The van der Waals surface area contributed by atoms with Gasteiger partial charge >= 0.3 is 137 Å². The van der Waals surface area contributed by atoms with Crippen LogP contribution in [0.25, 0.3) is 0 Å². The molecule has 0 saturated heterocycles. The molecule has 1 aromatic rings. The largest absolute Gasteiger partial charge is 0.460 e. The van der Waals surface area contributed by atoms with Crippen molar-refractivity contribution < 1.29 is 221 Å². The molecule has 1 N–H and O–H groups in total. The predicted molar refractivity (Wildman–Crippen MR) is 180 cm³/mol. The van der Waals surface area contributed by atoms with E-state index < -0.39 is 183 Å². The number of amides is 1. The summed E-state index contributed by atoms with van der Waals surface area (Å²) in [7, 11) is 0. The predicted octanol–water partition coefficient (Wildman–Crippen LogP) is 15.5. The van der Waals surface area contributed by atoms with Crippen LogP contribution < -0.4 is 5.32 Å². The van der Waals surface area contributed by atoms with Crippen LogP contribution in [0.4, 0.5) is 209 Å². The van der Waals surface area contributed by atoms with Gasteiger partial charge in [-0.25, -0.2) is 9.59 Å². The van der Waals surface area contributed by atoms with Gasteiger partial charge in [-0.05, 0) is 18.6 Å². The SMILES string of the molecule is CC(=O)OCNC(=O)c1c(C)c(N=C=O)cc(N=C=O)c1C(F)(F)C(F)(F)C(F)(F)C(F)(F)C(F)(F)C(F)(F)C(F)(F)C(F)(F)C(F)(F)C(F)(F)C(F)(F)C(F)(F)C(F)(F)C(F)(F)C(F)(F)C(F)(F)C(F)(F)C(F)(F)C(F)(F)C(F)(F)C(F)(F)C(F)(F)F. The quantitative estimate of drug-likeness (QED) is 0.0326. The molecule has 88 heavy (non-hydrogen) atoms. The number of hydrogen-bond acceptors (Lipinski definition) is 7. The molecular weight excluding hydrogens is 1400 g/mol. The van der Waals surface area contributed by atoms with Crippen LogP contribution in [0.5, 0.6) is 0 Å². The van der Waals surface area contributed by atoms with E-state index in [1.807, 2.05) is 4.99 Å². The number of carbonyl (C=O) groups excluding carboxylic acids is 4. The maximum atomic E-state index is 15.8. The maximum Gasteiger partial charge on any atom is 0.460 e. The average Bonchev–Trinajstić information content (AvgIpc) is 0.718. The highest BCUT2D eigenvalue weighted by molar-refractivity contribution is 6.00. The van der Waals surface area contributed by atoms with Crippen molar-refractivity contribution in [2.24, 2.45) is 9.98 Å². The van der Waals surface area contributed by atoms with Gasteiger partial charge in [-0.3, -0.25) is 9.59 Å². The number of isocyanates is 2. The molecule has 0 aliphatic heterocycles. The first-order chi connectivity index (χ1) is 37.9. The van der Waals surface area contributed by atoms with Crippen molar-refractivity contribution in [3.05, 3.63) is 22.8 Å². The van der Waals surface area contributed by atoms with E-state index in [1.165, 1.54) is 0 Å². The normalized spacial score (nSPS) is 15.8. The minimum Gasteiger partial charge on any atom is -0.445 e. The third-order valence-electron chi connectivity index (χ3n) is 11.2. The zero-order valence-electron chi connectivity index (χ0n) is 39.2. The summed E-state index contributed by atoms with van der Waals surface area (Å²) in [6, 6.07) is -0.650. The summed E-state index contributed by atoms with van der Waals surface area (Å²) in [4.78, 5) is 49.9. The molecule has 0 heterocycles. The second-order valence-electron chi connectivity index (χ2n) is 16.5. The Hall–Kier alpha value is -6.23. The van der Waals surface area contributed by atoms with Gasteiger partial charge in [0.15, 0.2) is 6.73 Å². The molecule has 0 radical (unpaired) electrons. The van der Waals surface area contributed by atoms with Gasteiger partial charge in [0.2, 0.25) is 12.2 Å². The molecular formula is C35H10F45N3O5. The minimum absolute atomic E-state index is 0.0210. The fraction of sp³-hybridized carbons (Fsp3) is 0.714. The van der Waals surface area contributed by atoms with E-state index in [-0.39, 0.29) is 13.0 Å². The molecule has 1 rings (SSSR count). The van der Waals surface area contributed by atoms with Crippen molar-refractivity contribution in [2.75, 3.05) is 6.73 Å². The smallest absolute Gasteiger partial charge is 0.445 e. The summed E-state index contributed by atoms with van der Waals surface area (Å²) in [6.07, 6.45) is -8.23. The lowest BCUT2D eigenvalue weighted by molar-refractivity contribution is -0.497. The first-order valence-corrected chi connectivity index (χ1v) is 19.6. The molecule has 1 amide bonds. The van der Waals surface area contributed by atoms with Crippen LogP contribution in [0.2, 0.25) is 0 Å². The first kappa shape index (κ1) is 79.8. The molecule has 1 aromatic carbocycles. The van der Waals surface area contributed by atoms with Gasteiger partial charge in [-0.1, -0.05) is 0 Å². The number of carbonyl (C=O) groups is 2. The fourth-order valence-electron chi connectivity index (χ4n) is 6.03. The minimum atomic E-state index is -10.9. The van der Waals surface area contributed by atoms with Crippen LogP contribution in [0.3, 0.4) is 0 Å². The molecule has 8 nitrogen and oxygen atoms in total. The summed E-state index contributed by atoms with van der Waals surface area (Å²) >= 11 is 0. The van der Waals surface area contributed by atoms with Gasteiger partial charge in [-0.2, -0.15) is 208 Å². The highest BCUT2D eigenvalue weighted by Crippen LogP contribution is 2.72. The third-order valence-corrected chi connectivity index (χ3v) is 11.2. The van der Waals surface area contributed by atoms with E-state index in [0.29, 0.717) is 13.0 Å². The zero-order chi connectivity index (χ0) is 71.7. The first-order valence-electron chi connectivity index (χ1n) is 19.6. The molecule has 0 fully saturated rings. The number of rotatable bonds is 26. The summed E-state index contributed by atoms with van der Waals surface area (Å²) in [5.41, 5.74) is -12.7. The molecule has 0 saturated carbocycles. The van der Waals surface area contributed by atoms with Crippen molar-refractivity contribution in [3.63, 3.8) is 0 Å². The zero-order valence-corrected chi connectivity index (χ0v) is 39.2. The number of aliphatic imine (C=N–C) groups is 2. The Morgan fingerprint density at radius 1 is 0.364 bits per heavy atom. The van der Waals surface area contributed by atoms with Crippen molar-refractivity contribution in [3.8, 4) is 0 Å². The molecule has 510 valence electrons. The van der Waals surface area contributed by atoms with E-state index >= 15 is 26.3 Å². The second kappa shape index (κ2) is 21.5. The second-order valence-corrected chi connectivity index (χ2v) is 16.5. The van der Waals surface area contributed by atoms with Crippen molar-refractivity contribution in [2.45, 2.75) is 144 Å². The van der Waals surface area contributed by atoms with E-state index in [9.17, 15) is 190 Å². The van der Waals surface area contributed by atoms with Gasteiger partial charge in [0.1, 0.15) is 0 Å². The lowest BCUT2D eigenvalue weighted by Crippen LogP contribution is -2.81. The van der Waals surface area contributed by atoms with Crippen LogP contribution in [0, 0.1) is 6.92 Å². The number of nitrogens with one attached hydrogen (secondary N) is 1. The Morgan fingerprint density at radius 3 is 0.773 bits per heavy atom. The van der Waals surface area contributed by atoms with Crippen LogP contribution in [-0.4, -0.2) is 155 Å². The Morgan fingerprint density at radius 2 is 0.568 bits per heavy atom. The number of esters is 1. The maximum absolute atomic E-state index is 15.8.